The molecule has 2 aliphatic heterocycles. The molecular weight excluding hydrogens is 440 g/mol. The number of nitrogen functional groups attached to an aromatic ring is 1. The van der Waals surface area contributed by atoms with E-state index in [-0.39, 0.29) is 5.95 Å². The topological polar surface area (TPSA) is 106 Å². The van der Waals surface area contributed by atoms with Crippen molar-refractivity contribution in [3.63, 3.8) is 0 Å². The smallest absolute Gasteiger partial charge is 0.219 e. The van der Waals surface area contributed by atoms with Gasteiger partial charge in [0.2, 0.25) is 5.95 Å². The van der Waals surface area contributed by atoms with Gasteiger partial charge in [0.05, 0.1) is 35.6 Å². The number of hydrogen-bond donors (Lipinski definition) is 1. The van der Waals surface area contributed by atoms with Crippen LogP contribution in [-0.2, 0) is 16.0 Å². The van der Waals surface area contributed by atoms with E-state index in [1.807, 2.05) is 0 Å². The number of anilines is 2. The average Bonchev–Trinajstić information content (AvgIpc) is 3.26. The Morgan fingerprint density at radius 1 is 1.03 bits per heavy atom. The van der Waals surface area contributed by atoms with Gasteiger partial charge in [-0.2, -0.15) is 0 Å². The van der Waals surface area contributed by atoms with Crippen molar-refractivity contribution < 1.29 is 9.47 Å². The Labute approximate surface area is 197 Å². The Kier molecular flexibility index (Phi) is 6.93. The van der Waals surface area contributed by atoms with E-state index in [1.54, 1.807) is 30.8 Å². The van der Waals surface area contributed by atoms with E-state index in [1.165, 1.54) is 4.88 Å². The third-order valence-corrected chi connectivity index (χ3v) is 7.21. The standard InChI is InChI=1S/C22H30N8O2S/c1-31-9-6-28-2-4-29(5-3-28)15-17-12-18-19(33-17)21(30-7-10-32-11-8-30)27-20(26-18)16-13-24-22(23)25-14-16/h12-14H,2-11,15H2,1H3,(H2,23,24,25). The summed E-state index contributed by atoms with van der Waals surface area (Å²) in [6.07, 6.45) is 3.37. The van der Waals surface area contributed by atoms with Crippen LogP contribution in [0, 0.1) is 0 Å². The van der Waals surface area contributed by atoms with Crippen molar-refractivity contribution in [2.24, 2.45) is 0 Å². The third kappa shape index (κ3) is 5.22. The van der Waals surface area contributed by atoms with Crippen LogP contribution in [0.25, 0.3) is 21.6 Å². The molecule has 176 valence electrons. The lowest BCUT2D eigenvalue weighted by Crippen LogP contribution is -2.46. The molecule has 0 aliphatic carbocycles. The summed E-state index contributed by atoms with van der Waals surface area (Å²) in [4.78, 5) is 26.6. The zero-order valence-electron chi connectivity index (χ0n) is 18.9. The van der Waals surface area contributed by atoms with E-state index in [2.05, 4.69) is 30.7 Å². The van der Waals surface area contributed by atoms with Crippen LogP contribution in [0.5, 0.6) is 0 Å². The number of thiophene rings is 1. The van der Waals surface area contributed by atoms with Gasteiger partial charge in [-0.3, -0.25) is 9.80 Å². The second-order valence-corrected chi connectivity index (χ2v) is 9.47. The maximum absolute atomic E-state index is 5.67. The number of aromatic nitrogens is 4. The first-order valence-electron chi connectivity index (χ1n) is 11.3. The molecule has 5 rings (SSSR count). The summed E-state index contributed by atoms with van der Waals surface area (Å²) in [5.41, 5.74) is 7.40. The molecule has 0 radical (unpaired) electrons. The number of nitrogens with zero attached hydrogens (tertiary/aromatic N) is 7. The third-order valence-electron chi connectivity index (χ3n) is 6.10. The molecule has 3 aromatic heterocycles. The highest BCUT2D eigenvalue weighted by Gasteiger charge is 2.22. The van der Waals surface area contributed by atoms with Gasteiger partial charge in [-0.1, -0.05) is 0 Å². The van der Waals surface area contributed by atoms with Crippen molar-refractivity contribution in [2.45, 2.75) is 6.54 Å². The Balaban J connectivity index is 1.40. The minimum Gasteiger partial charge on any atom is -0.383 e. The van der Waals surface area contributed by atoms with Gasteiger partial charge in [0.15, 0.2) is 11.6 Å². The van der Waals surface area contributed by atoms with Crippen molar-refractivity contribution in [1.29, 1.82) is 0 Å². The molecule has 0 bridgehead atoms. The van der Waals surface area contributed by atoms with Crippen molar-refractivity contribution in [2.75, 3.05) is 83.4 Å². The van der Waals surface area contributed by atoms with Crippen LogP contribution in [-0.4, -0.2) is 102 Å². The molecule has 0 spiro atoms. The number of rotatable bonds is 7. The molecular formula is C22H30N8O2S. The van der Waals surface area contributed by atoms with Gasteiger partial charge in [-0.15, -0.1) is 11.3 Å². The lowest BCUT2D eigenvalue weighted by Gasteiger charge is -2.34. The molecule has 2 saturated heterocycles. The number of ether oxygens (including phenoxy) is 2. The van der Waals surface area contributed by atoms with Crippen LogP contribution in [0.1, 0.15) is 4.88 Å². The van der Waals surface area contributed by atoms with Crippen LogP contribution in [0.2, 0.25) is 0 Å². The summed E-state index contributed by atoms with van der Waals surface area (Å²) in [5.74, 6) is 1.84. The predicted molar refractivity (Wildman–Crippen MR) is 129 cm³/mol. The zero-order valence-corrected chi connectivity index (χ0v) is 19.8. The number of nitrogens with two attached hydrogens (primary N) is 1. The van der Waals surface area contributed by atoms with Crippen molar-refractivity contribution in [3.8, 4) is 11.4 Å². The Morgan fingerprint density at radius 2 is 1.76 bits per heavy atom. The van der Waals surface area contributed by atoms with Crippen LogP contribution in [0.4, 0.5) is 11.8 Å². The molecule has 3 aromatic rings. The van der Waals surface area contributed by atoms with E-state index >= 15 is 0 Å². The second kappa shape index (κ2) is 10.2. The first-order chi connectivity index (χ1) is 16.2. The summed E-state index contributed by atoms with van der Waals surface area (Å²) < 4.78 is 11.9. The van der Waals surface area contributed by atoms with E-state index in [9.17, 15) is 0 Å². The van der Waals surface area contributed by atoms with Crippen LogP contribution < -0.4 is 10.6 Å². The molecule has 2 N–H and O–H groups in total. The summed E-state index contributed by atoms with van der Waals surface area (Å²) in [6, 6.07) is 2.21. The lowest BCUT2D eigenvalue weighted by molar-refractivity contribution is 0.0943. The molecule has 11 heteroatoms. The lowest BCUT2D eigenvalue weighted by atomic mass is 10.2. The Morgan fingerprint density at radius 3 is 2.48 bits per heavy atom. The monoisotopic (exact) mass is 470 g/mol. The minimum absolute atomic E-state index is 0.244. The van der Waals surface area contributed by atoms with Crippen molar-refractivity contribution >= 4 is 33.3 Å². The van der Waals surface area contributed by atoms with Gasteiger partial charge < -0.3 is 20.1 Å². The number of methoxy groups -OCH3 is 1. The molecule has 10 nitrogen and oxygen atoms in total. The Hall–Kier alpha value is -2.44. The molecule has 0 unspecified atom stereocenters. The molecule has 5 heterocycles. The van der Waals surface area contributed by atoms with Gasteiger partial charge in [0.25, 0.3) is 0 Å². The molecule has 0 saturated carbocycles. The summed E-state index contributed by atoms with van der Waals surface area (Å²) >= 11 is 1.80. The Bertz CT molecular complexity index is 1060. The largest absolute Gasteiger partial charge is 0.383 e. The van der Waals surface area contributed by atoms with Gasteiger partial charge in [-0.25, -0.2) is 19.9 Å². The van der Waals surface area contributed by atoms with E-state index in [0.717, 1.165) is 80.6 Å². The molecule has 0 aromatic carbocycles. The van der Waals surface area contributed by atoms with Crippen molar-refractivity contribution in [1.82, 2.24) is 29.7 Å². The maximum atomic E-state index is 5.67. The summed E-state index contributed by atoms with van der Waals surface area (Å²) in [6.45, 7) is 10.1. The molecule has 2 fully saturated rings. The van der Waals surface area contributed by atoms with E-state index < -0.39 is 0 Å². The maximum Gasteiger partial charge on any atom is 0.219 e. The molecule has 33 heavy (non-hydrogen) atoms. The van der Waals surface area contributed by atoms with E-state index in [0.29, 0.717) is 19.0 Å². The fraction of sp³-hybridized carbons (Fsp3) is 0.545. The highest BCUT2D eigenvalue weighted by Crippen LogP contribution is 2.35. The first kappa shape index (κ1) is 22.4. The normalized spacial score (nSPS) is 18.3. The highest BCUT2D eigenvalue weighted by atomic mass is 32.1. The van der Waals surface area contributed by atoms with Crippen molar-refractivity contribution in [3.05, 3.63) is 23.3 Å². The van der Waals surface area contributed by atoms with Crippen LogP contribution >= 0.6 is 11.3 Å². The van der Waals surface area contributed by atoms with Gasteiger partial charge in [-0.05, 0) is 6.07 Å². The fourth-order valence-electron chi connectivity index (χ4n) is 4.23. The number of hydrogen-bond acceptors (Lipinski definition) is 11. The number of morpholine rings is 1. The number of piperazine rings is 1. The van der Waals surface area contributed by atoms with Gasteiger partial charge in [0, 0.05) is 76.7 Å². The quantitative estimate of drug-likeness (QED) is 0.544. The summed E-state index contributed by atoms with van der Waals surface area (Å²) in [7, 11) is 1.76. The van der Waals surface area contributed by atoms with Crippen LogP contribution in [0.3, 0.4) is 0 Å². The molecule has 0 atom stereocenters. The SMILES string of the molecule is COCCN1CCN(Cc2cc3nc(-c4cnc(N)nc4)nc(N4CCOCC4)c3s2)CC1. The van der Waals surface area contributed by atoms with E-state index in [4.69, 9.17) is 25.2 Å². The fourth-order valence-corrected chi connectivity index (χ4v) is 5.38. The molecule has 2 aliphatic rings. The summed E-state index contributed by atoms with van der Waals surface area (Å²) in [5, 5.41) is 0. The predicted octanol–water partition coefficient (Wildman–Crippen LogP) is 1.33. The van der Waals surface area contributed by atoms with Gasteiger partial charge in [0.1, 0.15) is 0 Å². The first-order valence-corrected chi connectivity index (χ1v) is 12.2. The second-order valence-electron chi connectivity index (χ2n) is 8.34. The van der Waals surface area contributed by atoms with Crippen LogP contribution in [0.15, 0.2) is 18.5 Å². The highest BCUT2D eigenvalue weighted by molar-refractivity contribution is 7.19. The van der Waals surface area contributed by atoms with Gasteiger partial charge >= 0.3 is 0 Å². The average molecular weight is 471 g/mol. The zero-order chi connectivity index (χ0) is 22.6. The minimum atomic E-state index is 0.244. The number of fused-ring (bicyclic) bond motifs is 1. The molecule has 0 amide bonds.